The van der Waals surface area contributed by atoms with Crippen molar-refractivity contribution in [2.24, 2.45) is 0 Å². The monoisotopic (exact) mass is 433 g/mol. The van der Waals surface area contributed by atoms with Gasteiger partial charge < -0.3 is 10.6 Å². The number of thiophene rings is 1. The van der Waals surface area contributed by atoms with Gasteiger partial charge in [-0.1, -0.05) is 0 Å². The van der Waals surface area contributed by atoms with Gasteiger partial charge in [0.25, 0.3) is 0 Å². The quantitative estimate of drug-likeness (QED) is 0.422. The lowest BCUT2D eigenvalue weighted by Crippen LogP contribution is -2.29. The van der Waals surface area contributed by atoms with Gasteiger partial charge in [0, 0.05) is 22.3 Å². The van der Waals surface area contributed by atoms with E-state index in [-0.39, 0.29) is 0 Å². The minimum atomic E-state index is 0.479. The molecule has 0 saturated carbocycles. The number of hydrogen-bond acceptors (Lipinski definition) is 8. The molecule has 1 saturated heterocycles. The summed E-state index contributed by atoms with van der Waals surface area (Å²) in [4.78, 5) is 15.5. The van der Waals surface area contributed by atoms with Crippen molar-refractivity contribution in [1.29, 1.82) is 0 Å². The third kappa shape index (κ3) is 3.24. The number of benzene rings is 1. The number of nitrogens with zero attached hydrogens (tertiary/aromatic N) is 5. The van der Waals surface area contributed by atoms with Gasteiger partial charge in [0.15, 0.2) is 0 Å². The van der Waals surface area contributed by atoms with Gasteiger partial charge in [-0.3, -0.25) is 4.68 Å². The van der Waals surface area contributed by atoms with E-state index in [1.54, 1.807) is 29.0 Å². The van der Waals surface area contributed by atoms with E-state index in [0.29, 0.717) is 6.04 Å². The second kappa shape index (κ2) is 7.42. The van der Waals surface area contributed by atoms with Gasteiger partial charge in [0.05, 0.1) is 33.4 Å². The van der Waals surface area contributed by atoms with E-state index in [1.807, 2.05) is 11.7 Å². The molecule has 5 heterocycles. The molecule has 150 valence electrons. The van der Waals surface area contributed by atoms with Crippen molar-refractivity contribution in [2.45, 2.75) is 18.9 Å². The van der Waals surface area contributed by atoms with Crippen LogP contribution in [0.25, 0.3) is 30.9 Å². The normalized spacial score (nSPS) is 15.2. The smallest absolute Gasteiger partial charge is 0.142 e. The first-order valence-electron chi connectivity index (χ1n) is 9.93. The second-order valence-corrected chi connectivity index (χ2v) is 9.32. The van der Waals surface area contributed by atoms with E-state index in [1.165, 1.54) is 4.70 Å². The number of rotatable bonds is 4. The molecule has 0 unspecified atom stereocenters. The summed E-state index contributed by atoms with van der Waals surface area (Å²) in [5, 5.41) is 12.5. The summed E-state index contributed by atoms with van der Waals surface area (Å²) in [6, 6.07) is 8.84. The molecule has 1 fully saturated rings. The molecule has 1 aliphatic rings. The molecular formula is C21H19N7S2. The summed E-state index contributed by atoms with van der Waals surface area (Å²) in [6.45, 7) is 2.11. The molecule has 1 aliphatic heterocycles. The van der Waals surface area contributed by atoms with Crippen LogP contribution < -0.4 is 10.6 Å². The summed E-state index contributed by atoms with van der Waals surface area (Å²) in [5.41, 5.74) is 4.96. The van der Waals surface area contributed by atoms with Crippen LogP contribution in [0, 0.1) is 0 Å². The van der Waals surface area contributed by atoms with Gasteiger partial charge in [-0.15, -0.1) is 22.7 Å². The van der Waals surface area contributed by atoms with Crippen LogP contribution in [0.5, 0.6) is 0 Å². The summed E-state index contributed by atoms with van der Waals surface area (Å²) < 4.78 is 3.30. The van der Waals surface area contributed by atoms with Crippen molar-refractivity contribution in [1.82, 2.24) is 30.0 Å². The lowest BCUT2D eigenvalue weighted by atomic mass is 10.1. The van der Waals surface area contributed by atoms with E-state index >= 15 is 0 Å². The topological polar surface area (TPSA) is 80.5 Å². The standard InChI is InChI=1S/C21H19N7S2/c1-2-18-17(25-12-29-18)7-14(1)27-20-16-8-19(30-21(16)24-11-23-20)13-9-26-28(10-13)15-3-5-22-6-4-15/h1-2,7-12,15,22H,3-6H2,(H,23,24,27). The molecule has 0 radical (unpaired) electrons. The van der Waals surface area contributed by atoms with Crippen LogP contribution in [-0.4, -0.2) is 37.8 Å². The third-order valence-electron chi connectivity index (χ3n) is 5.49. The highest BCUT2D eigenvalue weighted by Crippen LogP contribution is 2.36. The van der Waals surface area contributed by atoms with E-state index in [4.69, 9.17) is 0 Å². The summed E-state index contributed by atoms with van der Waals surface area (Å²) in [5.74, 6) is 0.808. The maximum Gasteiger partial charge on any atom is 0.142 e. The molecular weight excluding hydrogens is 414 g/mol. The Bertz CT molecular complexity index is 1330. The van der Waals surface area contributed by atoms with Crippen LogP contribution in [0.2, 0.25) is 0 Å². The van der Waals surface area contributed by atoms with Gasteiger partial charge >= 0.3 is 0 Å². The maximum absolute atomic E-state index is 4.64. The van der Waals surface area contributed by atoms with Gasteiger partial charge in [0.2, 0.25) is 0 Å². The molecule has 7 nitrogen and oxygen atoms in total. The Balaban J connectivity index is 1.32. The molecule has 5 aromatic rings. The number of anilines is 2. The molecule has 0 aliphatic carbocycles. The zero-order chi connectivity index (χ0) is 19.9. The van der Waals surface area contributed by atoms with E-state index in [9.17, 15) is 0 Å². The molecule has 2 N–H and O–H groups in total. The Morgan fingerprint density at radius 2 is 2.03 bits per heavy atom. The first-order valence-corrected chi connectivity index (χ1v) is 11.6. The Morgan fingerprint density at radius 3 is 2.97 bits per heavy atom. The van der Waals surface area contributed by atoms with E-state index in [0.717, 1.165) is 63.6 Å². The average molecular weight is 434 g/mol. The number of nitrogens with one attached hydrogen (secondary N) is 2. The van der Waals surface area contributed by atoms with Crippen molar-refractivity contribution < 1.29 is 0 Å². The molecule has 1 aromatic carbocycles. The highest BCUT2D eigenvalue weighted by atomic mass is 32.1. The van der Waals surface area contributed by atoms with Crippen molar-refractivity contribution in [3.63, 3.8) is 0 Å². The number of thiazole rings is 1. The average Bonchev–Trinajstić information content (AvgIpc) is 3.53. The Morgan fingerprint density at radius 1 is 1.10 bits per heavy atom. The predicted molar refractivity (Wildman–Crippen MR) is 123 cm³/mol. The van der Waals surface area contributed by atoms with Crippen LogP contribution in [0.1, 0.15) is 18.9 Å². The first-order chi connectivity index (χ1) is 14.8. The second-order valence-electron chi connectivity index (χ2n) is 7.40. The highest BCUT2D eigenvalue weighted by molar-refractivity contribution is 7.21. The molecule has 9 heteroatoms. The largest absolute Gasteiger partial charge is 0.340 e. The van der Waals surface area contributed by atoms with Crippen LogP contribution >= 0.6 is 22.7 Å². The van der Waals surface area contributed by atoms with E-state index in [2.05, 4.69) is 65.8 Å². The Hall–Kier alpha value is -2.88. The number of hydrogen-bond donors (Lipinski definition) is 2. The Labute approximate surface area is 180 Å². The van der Waals surface area contributed by atoms with Crippen LogP contribution in [0.4, 0.5) is 11.5 Å². The Kier molecular flexibility index (Phi) is 4.44. The minimum absolute atomic E-state index is 0.479. The van der Waals surface area contributed by atoms with Crippen molar-refractivity contribution in [3.05, 3.63) is 48.5 Å². The third-order valence-corrected chi connectivity index (χ3v) is 7.39. The fraction of sp³-hybridized carbons (Fsp3) is 0.238. The molecule has 0 bridgehead atoms. The predicted octanol–water partition coefficient (Wildman–Crippen LogP) is 4.83. The number of piperidine rings is 1. The summed E-state index contributed by atoms with van der Waals surface area (Å²) in [7, 11) is 0. The minimum Gasteiger partial charge on any atom is -0.340 e. The van der Waals surface area contributed by atoms with Gasteiger partial charge in [0.1, 0.15) is 17.0 Å². The fourth-order valence-electron chi connectivity index (χ4n) is 3.91. The van der Waals surface area contributed by atoms with Crippen LogP contribution in [0.3, 0.4) is 0 Å². The molecule has 0 amide bonds. The molecule has 0 spiro atoms. The SMILES string of the molecule is c1nc(Nc2ccc3scnc3c2)c2cc(-c3cnn(C4CCNCC4)c3)sc2n1. The summed E-state index contributed by atoms with van der Waals surface area (Å²) >= 11 is 3.32. The maximum atomic E-state index is 4.64. The molecule has 30 heavy (non-hydrogen) atoms. The van der Waals surface area contributed by atoms with Crippen LogP contribution in [0.15, 0.2) is 48.5 Å². The van der Waals surface area contributed by atoms with Gasteiger partial charge in [-0.05, 0) is 50.2 Å². The van der Waals surface area contributed by atoms with Crippen molar-refractivity contribution >= 4 is 54.6 Å². The number of fused-ring (bicyclic) bond motifs is 2. The zero-order valence-electron chi connectivity index (χ0n) is 16.1. The lowest BCUT2D eigenvalue weighted by molar-refractivity contribution is 0.343. The van der Waals surface area contributed by atoms with Crippen molar-refractivity contribution in [2.75, 3.05) is 18.4 Å². The first kappa shape index (κ1) is 17.9. The zero-order valence-corrected chi connectivity index (χ0v) is 17.7. The van der Waals surface area contributed by atoms with E-state index < -0.39 is 0 Å². The van der Waals surface area contributed by atoms with Crippen LogP contribution in [-0.2, 0) is 0 Å². The number of aromatic nitrogens is 5. The lowest BCUT2D eigenvalue weighted by Gasteiger charge is -2.22. The molecule has 0 atom stereocenters. The molecule has 6 rings (SSSR count). The van der Waals surface area contributed by atoms with Gasteiger partial charge in [-0.25, -0.2) is 15.0 Å². The highest BCUT2D eigenvalue weighted by Gasteiger charge is 2.17. The fourth-order valence-corrected chi connectivity index (χ4v) is 5.54. The summed E-state index contributed by atoms with van der Waals surface area (Å²) in [6.07, 6.45) is 7.98. The molecule has 4 aromatic heterocycles. The van der Waals surface area contributed by atoms with Crippen molar-refractivity contribution in [3.8, 4) is 10.4 Å². The van der Waals surface area contributed by atoms with Gasteiger partial charge in [-0.2, -0.15) is 5.10 Å².